The van der Waals surface area contributed by atoms with E-state index < -0.39 is 12.0 Å². The number of hydrogen-bond donors (Lipinski definition) is 3. The van der Waals surface area contributed by atoms with Gasteiger partial charge in [-0.2, -0.15) is 0 Å². The minimum absolute atomic E-state index is 0.000934. The molecule has 3 N–H and O–H groups in total. The van der Waals surface area contributed by atoms with Crippen molar-refractivity contribution in [3.05, 3.63) is 47.7 Å². The Morgan fingerprint density at radius 1 is 1.26 bits per heavy atom. The van der Waals surface area contributed by atoms with Crippen molar-refractivity contribution >= 4 is 28.7 Å². The number of benzene rings is 1. The first-order valence-electron chi connectivity index (χ1n) is 11.0. The van der Waals surface area contributed by atoms with Crippen LogP contribution in [0.2, 0.25) is 0 Å². The summed E-state index contributed by atoms with van der Waals surface area (Å²) in [7, 11) is 0. The summed E-state index contributed by atoms with van der Waals surface area (Å²) in [5.74, 6) is -0.958. The van der Waals surface area contributed by atoms with Crippen molar-refractivity contribution in [3.8, 4) is 0 Å². The van der Waals surface area contributed by atoms with E-state index in [2.05, 4.69) is 28.6 Å². The van der Waals surface area contributed by atoms with Gasteiger partial charge in [-0.3, -0.25) is 9.59 Å². The van der Waals surface area contributed by atoms with Crippen LogP contribution in [0.3, 0.4) is 0 Å². The Labute approximate surface area is 182 Å². The smallest absolute Gasteiger partial charge is 0.330 e. The molecule has 1 saturated heterocycles. The van der Waals surface area contributed by atoms with Crippen LogP contribution in [0.1, 0.15) is 55.6 Å². The number of rotatable bonds is 8. The number of ether oxygens (including phenoxy) is 1. The van der Waals surface area contributed by atoms with E-state index in [0.29, 0.717) is 18.7 Å². The van der Waals surface area contributed by atoms with E-state index in [1.165, 1.54) is 11.6 Å². The van der Waals surface area contributed by atoms with Crippen LogP contribution >= 0.6 is 0 Å². The van der Waals surface area contributed by atoms with E-state index in [-0.39, 0.29) is 24.3 Å². The number of amides is 2. The molecule has 0 bridgehead atoms. The summed E-state index contributed by atoms with van der Waals surface area (Å²) in [6.45, 7) is 4.78. The first kappa shape index (κ1) is 22.6. The number of esters is 1. The van der Waals surface area contributed by atoms with Gasteiger partial charge in [0.1, 0.15) is 5.69 Å². The van der Waals surface area contributed by atoms with Crippen LogP contribution in [-0.4, -0.2) is 42.0 Å². The Morgan fingerprint density at radius 2 is 2.10 bits per heavy atom. The maximum absolute atomic E-state index is 12.9. The summed E-state index contributed by atoms with van der Waals surface area (Å²) >= 11 is 0. The van der Waals surface area contributed by atoms with Crippen molar-refractivity contribution in [1.82, 2.24) is 15.6 Å². The fraction of sp³-hybridized carbons (Fsp3) is 0.458. The number of aryl methyl sites for hydroxylation is 1. The van der Waals surface area contributed by atoms with Crippen LogP contribution in [0.25, 0.3) is 10.9 Å². The third-order valence-electron chi connectivity index (χ3n) is 5.59. The summed E-state index contributed by atoms with van der Waals surface area (Å²) < 4.78 is 4.95. The Hall–Kier alpha value is -3.09. The van der Waals surface area contributed by atoms with E-state index >= 15 is 0 Å². The number of fused-ring (bicyclic) bond motifs is 1. The molecule has 0 spiro atoms. The van der Waals surface area contributed by atoms with Gasteiger partial charge in [-0.15, -0.1) is 0 Å². The van der Waals surface area contributed by atoms with Crippen molar-refractivity contribution in [1.29, 1.82) is 0 Å². The second-order valence-electron chi connectivity index (χ2n) is 7.87. The largest absolute Gasteiger partial charge is 0.463 e. The van der Waals surface area contributed by atoms with Crippen molar-refractivity contribution in [2.45, 2.75) is 52.0 Å². The number of hydrogen-bond acceptors (Lipinski definition) is 4. The lowest BCUT2D eigenvalue weighted by atomic mass is 9.94. The van der Waals surface area contributed by atoms with Gasteiger partial charge in [0.05, 0.1) is 6.61 Å². The molecule has 1 aliphatic rings. The van der Waals surface area contributed by atoms with E-state index in [1.807, 2.05) is 18.2 Å². The van der Waals surface area contributed by atoms with Crippen LogP contribution in [0.4, 0.5) is 0 Å². The SMILES string of the molecule is CCOC(=O)/C=C/C(CC1CCCCNC1=O)NC(=O)c1cc2cc(CC)ccc2[nH]1. The molecule has 0 saturated carbocycles. The number of H-pyrrole nitrogens is 1. The zero-order valence-corrected chi connectivity index (χ0v) is 18.2. The molecule has 1 aliphatic heterocycles. The fourth-order valence-electron chi connectivity index (χ4n) is 3.88. The predicted molar refractivity (Wildman–Crippen MR) is 120 cm³/mol. The van der Waals surface area contributed by atoms with Crippen LogP contribution in [0, 0.1) is 5.92 Å². The molecule has 166 valence electrons. The summed E-state index contributed by atoms with van der Waals surface area (Å²) in [5.41, 5.74) is 2.54. The monoisotopic (exact) mass is 425 g/mol. The highest BCUT2D eigenvalue weighted by atomic mass is 16.5. The zero-order chi connectivity index (χ0) is 22.2. The van der Waals surface area contributed by atoms with E-state index in [9.17, 15) is 14.4 Å². The lowest BCUT2D eigenvalue weighted by Gasteiger charge is -2.20. The molecule has 0 aliphatic carbocycles. The molecule has 2 atom stereocenters. The van der Waals surface area contributed by atoms with Crippen LogP contribution < -0.4 is 10.6 Å². The maximum atomic E-state index is 12.9. The second-order valence-corrected chi connectivity index (χ2v) is 7.87. The van der Waals surface area contributed by atoms with Crippen molar-refractivity contribution in [3.63, 3.8) is 0 Å². The number of aromatic nitrogens is 1. The highest BCUT2D eigenvalue weighted by molar-refractivity contribution is 5.98. The number of aromatic amines is 1. The van der Waals surface area contributed by atoms with Gasteiger partial charge in [0.15, 0.2) is 0 Å². The summed E-state index contributed by atoms with van der Waals surface area (Å²) in [6, 6.07) is 7.43. The molecule has 7 nitrogen and oxygen atoms in total. The third-order valence-corrected chi connectivity index (χ3v) is 5.59. The molecule has 1 aromatic carbocycles. The topological polar surface area (TPSA) is 100 Å². The molecule has 1 fully saturated rings. The highest BCUT2D eigenvalue weighted by Crippen LogP contribution is 2.20. The number of carbonyl (C=O) groups excluding carboxylic acids is 3. The Morgan fingerprint density at radius 3 is 2.87 bits per heavy atom. The van der Waals surface area contributed by atoms with Gasteiger partial charge in [-0.05, 0) is 56.4 Å². The van der Waals surface area contributed by atoms with Crippen molar-refractivity contribution in [2.75, 3.05) is 13.2 Å². The third kappa shape index (κ3) is 6.20. The van der Waals surface area contributed by atoms with Crippen LogP contribution in [0.5, 0.6) is 0 Å². The molecule has 1 aromatic heterocycles. The molecule has 2 unspecified atom stereocenters. The standard InChI is InChI=1S/C24H31N3O4/c1-3-16-8-10-20-18(13-16)15-21(27-20)24(30)26-19(9-11-22(28)31-4-2)14-17-7-5-6-12-25-23(17)29/h8-11,13,15,17,19,27H,3-7,12,14H2,1-2H3,(H,25,29)(H,26,30)/b11-9+. The molecule has 2 aromatic rings. The number of carbonyl (C=O) groups is 3. The minimum Gasteiger partial charge on any atom is -0.463 e. The zero-order valence-electron chi connectivity index (χ0n) is 18.2. The van der Waals surface area contributed by atoms with Gasteiger partial charge >= 0.3 is 5.97 Å². The van der Waals surface area contributed by atoms with Crippen LogP contribution in [0.15, 0.2) is 36.4 Å². The first-order valence-corrected chi connectivity index (χ1v) is 11.0. The average Bonchev–Trinajstić information content (AvgIpc) is 3.09. The molecule has 2 amide bonds. The average molecular weight is 426 g/mol. The summed E-state index contributed by atoms with van der Waals surface area (Å²) in [6.07, 6.45) is 6.95. The van der Waals surface area contributed by atoms with Gasteiger partial charge in [0, 0.05) is 35.5 Å². The van der Waals surface area contributed by atoms with E-state index in [4.69, 9.17) is 4.74 Å². The molecule has 0 radical (unpaired) electrons. The molecular weight excluding hydrogens is 394 g/mol. The molecule has 7 heteroatoms. The summed E-state index contributed by atoms with van der Waals surface area (Å²) in [5, 5.41) is 6.87. The molecule has 3 rings (SSSR count). The minimum atomic E-state index is -0.469. The van der Waals surface area contributed by atoms with Gasteiger partial charge < -0.3 is 20.4 Å². The Kier molecular flexibility index (Phi) is 7.87. The Bertz CT molecular complexity index is 963. The maximum Gasteiger partial charge on any atom is 0.330 e. The van der Waals surface area contributed by atoms with Crippen molar-refractivity contribution in [2.24, 2.45) is 5.92 Å². The lowest BCUT2D eigenvalue weighted by Crippen LogP contribution is -2.38. The molecule has 31 heavy (non-hydrogen) atoms. The Balaban J connectivity index is 1.76. The molecule has 2 heterocycles. The van der Waals surface area contributed by atoms with Gasteiger partial charge in [0.25, 0.3) is 5.91 Å². The second kappa shape index (κ2) is 10.8. The van der Waals surface area contributed by atoms with Crippen LogP contribution in [-0.2, 0) is 20.7 Å². The normalized spacial score (nSPS) is 17.9. The fourth-order valence-corrected chi connectivity index (χ4v) is 3.88. The quantitative estimate of drug-likeness (QED) is 0.446. The highest BCUT2D eigenvalue weighted by Gasteiger charge is 2.25. The van der Waals surface area contributed by atoms with E-state index in [1.54, 1.807) is 13.0 Å². The van der Waals surface area contributed by atoms with E-state index in [0.717, 1.165) is 36.6 Å². The lowest BCUT2D eigenvalue weighted by molar-refractivity contribution is -0.137. The summed E-state index contributed by atoms with van der Waals surface area (Å²) in [4.78, 5) is 40.3. The van der Waals surface area contributed by atoms with Crippen molar-refractivity contribution < 1.29 is 19.1 Å². The van der Waals surface area contributed by atoms with Gasteiger partial charge in [-0.25, -0.2) is 4.79 Å². The number of nitrogens with one attached hydrogen (secondary N) is 3. The van der Waals surface area contributed by atoms with Gasteiger partial charge in [0.2, 0.25) is 5.91 Å². The first-order chi connectivity index (χ1) is 15.0. The molecular formula is C24H31N3O4. The predicted octanol–water partition coefficient (Wildman–Crippen LogP) is 3.25. The van der Waals surface area contributed by atoms with Gasteiger partial charge in [-0.1, -0.05) is 25.5 Å².